The molecule has 6 aromatic carbocycles. The van der Waals surface area contributed by atoms with Gasteiger partial charge in [-0.2, -0.15) is 24.9 Å². The highest BCUT2D eigenvalue weighted by Crippen LogP contribution is 2.36. The summed E-state index contributed by atoms with van der Waals surface area (Å²) in [6.07, 6.45) is 2.64. The van der Waals surface area contributed by atoms with Gasteiger partial charge in [0.1, 0.15) is 45.0 Å². The van der Waals surface area contributed by atoms with Crippen molar-refractivity contribution in [3.8, 4) is 12.0 Å². The zero-order chi connectivity index (χ0) is 109. The number of carboxylic acid groups (broad SMARTS) is 1. The molecule has 15 rings (SSSR count). The molecule has 6 amide bonds. The van der Waals surface area contributed by atoms with Gasteiger partial charge in [0.2, 0.25) is 15.8 Å². The van der Waals surface area contributed by atoms with Crippen molar-refractivity contribution in [3.05, 3.63) is 215 Å². The number of benzene rings is 6. The molecule has 0 aliphatic carbocycles. The Morgan fingerprint density at radius 3 is 1.14 bits per heavy atom. The number of hydrogen-bond donors (Lipinski definition) is 12. The number of non-ortho nitro benzene ring substituents is 5. The van der Waals surface area contributed by atoms with E-state index >= 15 is 0 Å². The number of carbonyl (C=O) groups excluding carboxylic acids is 6. The Labute approximate surface area is 849 Å². The second-order valence-corrected chi connectivity index (χ2v) is 36.9. The summed E-state index contributed by atoms with van der Waals surface area (Å²) in [6, 6.07) is 25.0. The Balaban J connectivity index is 0.000000232. The van der Waals surface area contributed by atoms with Crippen molar-refractivity contribution in [3.63, 3.8) is 0 Å². The number of methoxy groups -OCH3 is 2. The van der Waals surface area contributed by atoms with Crippen LogP contribution < -0.4 is 84.9 Å². The summed E-state index contributed by atoms with van der Waals surface area (Å²) in [4.78, 5) is 193. The highest BCUT2D eigenvalue weighted by molar-refractivity contribution is 6.66. The smallest absolute Gasteiger partial charge is 0.407 e. The van der Waals surface area contributed by atoms with Gasteiger partial charge in [-0.1, -0.05) is 18.2 Å². The van der Waals surface area contributed by atoms with Crippen molar-refractivity contribution >= 4 is 200 Å². The van der Waals surface area contributed by atoms with E-state index < -0.39 is 93.8 Å². The van der Waals surface area contributed by atoms with Crippen LogP contribution in [0.15, 0.2) is 131 Å². The van der Waals surface area contributed by atoms with Gasteiger partial charge in [0, 0.05) is 140 Å². The Hall–Kier alpha value is -16.4. The summed E-state index contributed by atoms with van der Waals surface area (Å²) in [6.45, 7) is 30.6. The van der Waals surface area contributed by atoms with Crippen LogP contribution >= 0.6 is 46.4 Å². The number of carbonyl (C=O) groups is 7. The van der Waals surface area contributed by atoms with Crippen molar-refractivity contribution in [2.24, 2.45) is 11.5 Å². The number of anilines is 5. The van der Waals surface area contributed by atoms with E-state index in [9.17, 15) is 88.9 Å². The first-order chi connectivity index (χ1) is 68.2. The molecule has 0 radical (unpaired) electrons. The van der Waals surface area contributed by atoms with Gasteiger partial charge in [-0.25, -0.2) is 48.5 Å². The quantitative estimate of drug-likeness (QED) is 0.00625. The number of nitrogens with one attached hydrogen (secondary N) is 7. The number of ether oxygens (including phenoxy) is 6. The van der Waals surface area contributed by atoms with Gasteiger partial charge in [0.15, 0.2) is 0 Å². The predicted octanol–water partition coefficient (Wildman–Crippen LogP) is 12.9. The topological polar surface area (TPSA) is 754 Å². The maximum absolute atomic E-state index is 12.0. The molecule has 53 nitrogen and oxygen atoms in total. The third-order valence-electron chi connectivity index (χ3n) is 19.5. The standard InChI is InChI=1S/C18H23N5O5.C18H25N5O3.C17H20ClN5O4.C9H18N2O2.C8H3Cl2N3O2.C8H5N3O4.C7H6N2O4.C3H3ClO.CH4N2O/c1-18(2,3)28-17(24)19-11-7-8-22(10-11)15-13-6-5-12(23(25)26)9-14(13)20-16(21-15)27-4;1-18(2,3)26-17(24)20-12-7-8-23(10-12)15-13-6-5-11(19)9-14(13)21-16(22-15)25-4;1-17(2,3)27-16(24)19-10-6-7-22(9-10)14-12-5-4-11(23(25)26)8-13(12)20-15(18)21-14;1-9(2,3)13-8(12)11-7-4-5-10-6-7;9-7-5-2-1-4(13(14)15)3-6(5)11-8(10)12-7;12-7-5-2-1-4(11(14)15)3-6(5)9-8(13)10-7;8-6-3-4(9(12)13)1-2-5(6)7(10)11;1-2-3(4)5;2-1(3)4/h5-6,9,11H,7-8,10H2,1-4H3,(H,19,24);5-6,9,12H,7-8,10,19H2,1-4H3,(H,20,24);4-5,8,10H,6-7,9H2,1-3H3,(H,19,24);7,10H,4-6H2,1-3H3,(H,11,12);1-3H;1-3H,(H2,9,10,12,13);1-3H,8H2,(H,10,11);2H,1H2;(H4,2,3,4)/t11-;12-;10-;7-;;;;;/m1111...../s1. The summed E-state index contributed by atoms with van der Waals surface area (Å²) in [5.41, 5.74) is 18.2. The lowest BCUT2D eigenvalue weighted by atomic mass is 10.1. The molecule has 4 aliphatic rings. The van der Waals surface area contributed by atoms with E-state index in [4.69, 9.17) is 96.2 Å². The second-order valence-electron chi connectivity index (χ2n) is 35.5. The number of nitrogens with two attached hydrogens (primary N) is 4. The third-order valence-corrected chi connectivity index (χ3v) is 20.3. The molecule has 9 heterocycles. The molecule has 4 fully saturated rings. The van der Waals surface area contributed by atoms with E-state index in [1.54, 1.807) is 18.2 Å². The number of nitrogen functional groups attached to an aromatic ring is 2. The Bertz CT molecular complexity index is 6790. The monoisotopic (exact) mass is 2110 g/mol. The number of H-pyrrole nitrogens is 2. The number of aromatic nitrogens is 10. The number of alkyl carbamates (subject to hydrolysis) is 4. The number of aromatic carboxylic acids is 1. The van der Waals surface area contributed by atoms with Gasteiger partial charge < -0.3 is 103 Å². The second kappa shape index (κ2) is 52.0. The van der Waals surface area contributed by atoms with E-state index in [-0.39, 0.29) is 103 Å². The van der Waals surface area contributed by atoms with E-state index in [0.717, 1.165) is 92.4 Å². The number of carboxylic acids is 1. The average Bonchev–Trinajstić information content (AvgIpc) is 1.46. The summed E-state index contributed by atoms with van der Waals surface area (Å²) in [5.74, 6) is 0.784. The van der Waals surface area contributed by atoms with Gasteiger partial charge in [-0.3, -0.25) is 65.1 Å². The highest BCUT2D eigenvalue weighted by atomic mass is 35.5. The predicted molar refractivity (Wildman–Crippen MR) is 542 cm³/mol. The van der Waals surface area contributed by atoms with Crippen molar-refractivity contribution in [1.29, 1.82) is 0 Å². The van der Waals surface area contributed by atoms with Crippen LogP contribution in [0.25, 0.3) is 54.5 Å². The average molecular weight is 2110 g/mol. The molecular formula is C89H107Cl4N27O26. The van der Waals surface area contributed by atoms with Gasteiger partial charge >= 0.3 is 54.1 Å². The van der Waals surface area contributed by atoms with Crippen LogP contribution in [0, 0.1) is 50.6 Å². The van der Waals surface area contributed by atoms with Crippen LogP contribution in [0.4, 0.5) is 81.2 Å². The molecular weight excluding hydrogens is 2000 g/mol. The highest BCUT2D eigenvalue weighted by Gasteiger charge is 2.34. The lowest BCUT2D eigenvalue weighted by molar-refractivity contribution is -0.385. The summed E-state index contributed by atoms with van der Waals surface area (Å²) >= 11 is 22.1. The van der Waals surface area contributed by atoms with Crippen LogP contribution in [-0.2, 0) is 23.7 Å². The van der Waals surface area contributed by atoms with Gasteiger partial charge in [0.05, 0.1) is 101 Å². The summed E-state index contributed by atoms with van der Waals surface area (Å²) in [5, 5.41) is 79.0. The van der Waals surface area contributed by atoms with Crippen LogP contribution in [0.2, 0.25) is 15.7 Å². The Morgan fingerprint density at radius 1 is 0.459 bits per heavy atom. The zero-order valence-corrected chi connectivity index (χ0v) is 84.1. The molecule has 11 aromatic rings. The minimum absolute atomic E-state index is 0.00496. The lowest BCUT2D eigenvalue weighted by Crippen LogP contribution is -2.40. The first-order valence-electron chi connectivity index (χ1n) is 43.7. The SMILES string of the molecule is C=CC(=O)Cl.CC(C)(C)OC(=O)N[C@@H]1CCN(c2nc(Cl)nc3cc([N+](=O)[O-])ccc23)C1.CC(C)(C)OC(=O)N[C@@H]1CCNC1.COc1nc(N2CC[C@@H](NC(=O)OC(C)(C)C)C2)c2ccc(N)cc2n1.COc1nc(N2CC[C@@H](NC(=O)OC(C)(C)C)C2)c2ccc([N+](=O)[O-])cc2n1.NC(N)=O.Nc1cc([N+](=O)[O-])ccc1C(=O)O.O=[N+]([O-])c1ccc2c(Cl)nc(Cl)nc2c1.O=c1[nH]c(=O)c2ccc([N+](=O)[O-])cc2[nH]1. The number of nitrogens with zero attached hydrogens (tertiary/aromatic N) is 16. The van der Waals surface area contributed by atoms with E-state index in [2.05, 4.69) is 94.4 Å². The van der Waals surface area contributed by atoms with Crippen molar-refractivity contribution in [2.45, 2.75) is 155 Å². The number of nitro groups is 5. The number of amides is 6. The fourth-order valence-electron chi connectivity index (χ4n) is 13.6. The number of primary amides is 2. The zero-order valence-electron chi connectivity index (χ0n) is 81.1. The molecule has 0 spiro atoms. The van der Waals surface area contributed by atoms with E-state index in [0.29, 0.717) is 88.8 Å². The third kappa shape index (κ3) is 37.5. The largest absolute Gasteiger partial charge is 0.478 e. The molecule has 57 heteroatoms. The van der Waals surface area contributed by atoms with Gasteiger partial charge in [-0.15, -0.1) is 0 Å². The molecule has 4 saturated heterocycles. The van der Waals surface area contributed by atoms with Crippen LogP contribution in [0.1, 0.15) is 119 Å². The van der Waals surface area contributed by atoms with Gasteiger partial charge in [0.25, 0.3) is 34.0 Å². The number of halogens is 4. The molecule has 16 N–H and O–H groups in total. The van der Waals surface area contributed by atoms with Crippen molar-refractivity contribution < 1.29 is 91.7 Å². The molecule has 0 saturated carbocycles. The number of nitro benzene ring substituents is 5. The molecule has 5 aromatic heterocycles. The molecule has 146 heavy (non-hydrogen) atoms. The Morgan fingerprint density at radius 2 is 0.788 bits per heavy atom. The Kier molecular flexibility index (Phi) is 41.5. The number of urea groups is 1. The number of fused-ring (bicyclic) bond motifs is 5. The first-order valence-corrected chi connectivity index (χ1v) is 45.2. The number of rotatable bonds is 16. The van der Waals surface area contributed by atoms with Gasteiger partial charge in [-0.05, 0) is 205 Å². The maximum atomic E-state index is 12.0. The fraction of sp³-hybridized carbons (Fsp3) is 0.382. The molecule has 4 aliphatic heterocycles. The van der Waals surface area contributed by atoms with Crippen LogP contribution in [0.5, 0.6) is 12.0 Å². The maximum Gasteiger partial charge on any atom is 0.407 e. The fourth-order valence-corrected chi connectivity index (χ4v) is 14.2. The number of hydrogen-bond acceptors (Lipinski definition) is 39. The number of allylic oxidation sites excluding steroid dienone is 1. The normalized spacial score (nSPS) is 14.9. The minimum atomic E-state index is -1.20. The molecule has 0 bridgehead atoms. The first kappa shape index (κ1) is 117. The van der Waals surface area contributed by atoms with Crippen LogP contribution in [-0.4, -0.2) is 234 Å². The lowest BCUT2D eigenvalue weighted by Gasteiger charge is -2.22. The minimum Gasteiger partial charge on any atom is -0.478 e. The van der Waals surface area contributed by atoms with Crippen molar-refractivity contribution in [2.75, 3.05) is 92.7 Å². The molecule has 4 atom stereocenters. The molecule has 782 valence electrons. The summed E-state index contributed by atoms with van der Waals surface area (Å²) in [7, 11) is 2.98. The molecule has 0 unspecified atom stereocenters. The number of aromatic amines is 2. The van der Waals surface area contributed by atoms with Crippen molar-refractivity contribution in [1.82, 2.24) is 76.4 Å². The van der Waals surface area contributed by atoms with E-state index in [1.807, 2.05) is 110 Å². The summed E-state index contributed by atoms with van der Waals surface area (Å²) < 4.78 is 31.4. The van der Waals surface area contributed by atoms with Crippen LogP contribution in [0.3, 0.4) is 0 Å². The van der Waals surface area contributed by atoms with E-state index in [1.165, 1.54) is 68.8 Å².